The van der Waals surface area contributed by atoms with Gasteiger partial charge < -0.3 is 10.5 Å². The first-order valence-electron chi connectivity index (χ1n) is 3.56. The summed E-state index contributed by atoms with van der Waals surface area (Å²) in [6.07, 6.45) is 0. The maximum atomic E-state index is 5.68. The smallest absolute Gasteiger partial charge is 0.142 e. The number of hydrogen-bond acceptors (Lipinski definition) is 2. The molecule has 0 bridgehead atoms. The number of rotatable bonds is 1. The third kappa shape index (κ3) is 2.05. The Balaban J connectivity index is 0.00000121. The van der Waals surface area contributed by atoms with E-state index < -0.39 is 0 Å². The zero-order valence-electron chi connectivity index (χ0n) is 7.55. The number of benzene rings is 1. The van der Waals surface area contributed by atoms with Crippen LogP contribution in [0.4, 0.5) is 5.69 Å². The lowest BCUT2D eigenvalue weighted by atomic mass is 10.1. The molecule has 2 N–H and O–H groups in total. The summed E-state index contributed by atoms with van der Waals surface area (Å²) in [5.41, 5.74) is 8.78. The molecule has 0 radical (unpaired) electrons. The summed E-state index contributed by atoms with van der Waals surface area (Å²) in [4.78, 5) is 0. The van der Waals surface area contributed by atoms with Crippen molar-refractivity contribution in [2.75, 3.05) is 12.8 Å². The average Bonchev–Trinajstić information content (AvgIpc) is 1.97. The second-order valence-electron chi connectivity index (χ2n) is 2.68. The van der Waals surface area contributed by atoms with E-state index in [0.717, 1.165) is 5.75 Å². The zero-order chi connectivity index (χ0) is 8.43. The summed E-state index contributed by atoms with van der Waals surface area (Å²) in [5.74, 6) is 0.758. The number of hydrogen-bond donors (Lipinski definition) is 1. The van der Waals surface area contributed by atoms with Crippen LogP contribution in [0.5, 0.6) is 5.75 Å². The molecule has 0 spiro atoms. The van der Waals surface area contributed by atoms with E-state index in [1.54, 1.807) is 7.11 Å². The van der Waals surface area contributed by atoms with Gasteiger partial charge in [0.15, 0.2) is 0 Å². The van der Waals surface area contributed by atoms with Gasteiger partial charge in [0, 0.05) is 0 Å². The lowest BCUT2D eigenvalue weighted by Gasteiger charge is -2.07. The van der Waals surface area contributed by atoms with E-state index in [1.807, 2.05) is 26.0 Å². The Labute approximate surface area is 79.1 Å². The summed E-state index contributed by atoms with van der Waals surface area (Å²) >= 11 is 0. The minimum Gasteiger partial charge on any atom is -0.495 e. The van der Waals surface area contributed by atoms with E-state index in [9.17, 15) is 0 Å². The van der Waals surface area contributed by atoms with Crippen LogP contribution in [-0.4, -0.2) is 7.11 Å². The fourth-order valence-electron chi connectivity index (χ4n) is 0.989. The summed E-state index contributed by atoms with van der Waals surface area (Å²) in [7, 11) is 1.63. The van der Waals surface area contributed by atoms with Crippen molar-refractivity contribution >= 4 is 18.1 Å². The minimum atomic E-state index is 0. The van der Waals surface area contributed by atoms with Crippen molar-refractivity contribution in [1.82, 2.24) is 0 Å². The van der Waals surface area contributed by atoms with Crippen molar-refractivity contribution in [1.29, 1.82) is 0 Å². The van der Waals surface area contributed by atoms with Gasteiger partial charge in [-0.15, -0.1) is 12.4 Å². The number of anilines is 1. The van der Waals surface area contributed by atoms with Crippen LogP contribution in [0.15, 0.2) is 12.1 Å². The van der Waals surface area contributed by atoms with Crippen molar-refractivity contribution < 1.29 is 4.74 Å². The summed E-state index contributed by atoms with van der Waals surface area (Å²) in [5, 5.41) is 0. The van der Waals surface area contributed by atoms with Gasteiger partial charge in [-0.1, -0.05) is 0 Å². The molecule has 1 aromatic carbocycles. The van der Waals surface area contributed by atoms with Gasteiger partial charge in [-0.25, -0.2) is 0 Å². The molecule has 68 valence electrons. The number of nitrogen functional groups attached to an aromatic ring is 1. The number of halogens is 1. The highest BCUT2D eigenvalue weighted by Gasteiger charge is 2.00. The van der Waals surface area contributed by atoms with Crippen molar-refractivity contribution in [2.24, 2.45) is 0 Å². The van der Waals surface area contributed by atoms with Crippen LogP contribution in [0.1, 0.15) is 11.1 Å². The van der Waals surface area contributed by atoms with Gasteiger partial charge in [0.05, 0.1) is 12.8 Å². The van der Waals surface area contributed by atoms with Crippen LogP contribution in [0, 0.1) is 13.8 Å². The van der Waals surface area contributed by atoms with Gasteiger partial charge in [0.2, 0.25) is 0 Å². The Kier molecular flexibility index (Phi) is 3.90. The standard InChI is InChI=1S/C9H13NO.ClH/c1-6-4-8(10)9(11-3)5-7(6)2;/h4-5H,10H2,1-3H3;1H. The quantitative estimate of drug-likeness (QED) is 0.685. The van der Waals surface area contributed by atoms with Crippen LogP contribution in [0.25, 0.3) is 0 Å². The van der Waals surface area contributed by atoms with Crippen molar-refractivity contribution in [2.45, 2.75) is 13.8 Å². The molecule has 3 heteroatoms. The Bertz CT molecular complexity index is 273. The first kappa shape index (κ1) is 11.1. The van der Waals surface area contributed by atoms with Crippen LogP contribution in [-0.2, 0) is 0 Å². The summed E-state index contributed by atoms with van der Waals surface area (Å²) < 4.78 is 5.06. The van der Waals surface area contributed by atoms with E-state index in [0.29, 0.717) is 5.69 Å². The molecule has 0 heterocycles. The van der Waals surface area contributed by atoms with E-state index in [2.05, 4.69) is 0 Å². The highest BCUT2D eigenvalue weighted by atomic mass is 35.5. The molecule has 0 amide bonds. The molecule has 0 unspecified atom stereocenters. The maximum Gasteiger partial charge on any atom is 0.142 e. The van der Waals surface area contributed by atoms with Crippen molar-refractivity contribution in [3.8, 4) is 5.75 Å². The van der Waals surface area contributed by atoms with Crippen molar-refractivity contribution in [3.05, 3.63) is 23.3 Å². The second kappa shape index (κ2) is 4.21. The topological polar surface area (TPSA) is 35.2 Å². The first-order valence-corrected chi connectivity index (χ1v) is 3.56. The molecule has 0 aromatic heterocycles. The van der Waals surface area contributed by atoms with Gasteiger partial charge in [-0.05, 0) is 37.1 Å². The van der Waals surface area contributed by atoms with Gasteiger partial charge in [-0.3, -0.25) is 0 Å². The van der Waals surface area contributed by atoms with E-state index in [4.69, 9.17) is 10.5 Å². The van der Waals surface area contributed by atoms with Gasteiger partial charge in [0.25, 0.3) is 0 Å². The van der Waals surface area contributed by atoms with E-state index >= 15 is 0 Å². The van der Waals surface area contributed by atoms with E-state index in [1.165, 1.54) is 11.1 Å². The highest BCUT2D eigenvalue weighted by Crippen LogP contribution is 2.24. The highest BCUT2D eigenvalue weighted by molar-refractivity contribution is 5.85. The molecule has 0 aliphatic carbocycles. The minimum absolute atomic E-state index is 0. The van der Waals surface area contributed by atoms with Crippen LogP contribution >= 0.6 is 12.4 Å². The van der Waals surface area contributed by atoms with Crippen LogP contribution in [0.3, 0.4) is 0 Å². The number of aryl methyl sites for hydroxylation is 2. The fraction of sp³-hybridized carbons (Fsp3) is 0.333. The lowest BCUT2D eigenvalue weighted by molar-refractivity contribution is 0.416. The Morgan fingerprint density at radius 1 is 1.17 bits per heavy atom. The molecular weight excluding hydrogens is 174 g/mol. The predicted octanol–water partition coefficient (Wildman–Crippen LogP) is 2.32. The zero-order valence-corrected chi connectivity index (χ0v) is 8.37. The molecule has 0 aliphatic heterocycles. The van der Waals surface area contributed by atoms with Crippen LogP contribution in [0.2, 0.25) is 0 Å². The Morgan fingerprint density at radius 3 is 2.17 bits per heavy atom. The third-order valence-corrected chi connectivity index (χ3v) is 1.85. The van der Waals surface area contributed by atoms with Crippen molar-refractivity contribution in [3.63, 3.8) is 0 Å². The molecule has 0 atom stereocenters. The SMILES string of the molecule is COc1cc(C)c(C)cc1N.Cl. The Morgan fingerprint density at radius 2 is 1.67 bits per heavy atom. The van der Waals surface area contributed by atoms with Gasteiger partial charge >= 0.3 is 0 Å². The fourth-order valence-corrected chi connectivity index (χ4v) is 0.989. The number of methoxy groups -OCH3 is 1. The molecule has 1 rings (SSSR count). The number of nitrogens with two attached hydrogens (primary N) is 1. The van der Waals surface area contributed by atoms with E-state index in [-0.39, 0.29) is 12.4 Å². The maximum absolute atomic E-state index is 5.68. The van der Waals surface area contributed by atoms with Gasteiger partial charge in [0.1, 0.15) is 5.75 Å². The molecule has 0 aliphatic rings. The molecule has 2 nitrogen and oxygen atoms in total. The van der Waals surface area contributed by atoms with Gasteiger partial charge in [-0.2, -0.15) is 0 Å². The normalized spacial score (nSPS) is 8.92. The number of ether oxygens (including phenoxy) is 1. The molecular formula is C9H14ClNO. The third-order valence-electron chi connectivity index (χ3n) is 1.85. The second-order valence-corrected chi connectivity index (χ2v) is 2.68. The first-order chi connectivity index (χ1) is 5.15. The molecule has 1 aromatic rings. The lowest BCUT2D eigenvalue weighted by Crippen LogP contribution is -1.94. The molecule has 0 saturated carbocycles. The summed E-state index contributed by atoms with van der Waals surface area (Å²) in [6, 6.07) is 3.87. The summed E-state index contributed by atoms with van der Waals surface area (Å²) in [6.45, 7) is 4.07. The molecule has 0 saturated heterocycles. The Hall–Kier alpha value is -0.890. The predicted molar refractivity (Wildman–Crippen MR) is 54.1 cm³/mol. The average molecular weight is 188 g/mol. The monoisotopic (exact) mass is 187 g/mol. The largest absolute Gasteiger partial charge is 0.495 e. The van der Waals surface area contributed by atoms with Crippen LogP contribution < -0.4 is 10.5 Å². The molecule has 12 heavy (non-hydrogen) atoms. The molecule has 0 fully saturated rings.